The quantitative estimate of drug-likeness (QED) is 0.207. The van der Waals surface area contributed by atoms with E-state index >= 15 is 0 Å². The summed E-state index contributed by atoms with van der Waals surface area (Å²) >= 11 is 0. The number of nitriles is 1. The first-order valence-corrected chi connectivity index (χ1v) is 15.0. The highest BCUT2D eigenvalue weighted by atomic mass is 14.8. The summed E-state index contributed by atoms with van der Waals surface area (Å²) in [5.74, 6) is 0.655. The van der Waals surface area contributed by atoms with Crippen molar-refractivity contribution in [3.8, 4) is 28.5 Å². The zero-order valence-corrected chi connectivity index (χ0v) is 23.8. The smallest absolute Gasteiger partial charge is 0.0999 e. The number of pyridine rings is 2. The van der Waals surface area contributed by atoms with Crippen molar-refractivity contribution < 1.29 is 0 Å². The van der Waals surface area contributed by atoms with E-state index in [4.69, 9.17) is 9.97 Å². The van der Waals surface area contributed by atoms with Crippen molar-refractivity contribution >= 4 is 27.4 Å². The molecule has 3 nitrogen and oxygen atoms in total. The van der Waals surface area contributed by atoms with Crippen LogP contribution in [0.5, 0.6) is 0 Å². The van der Waals surface area contributed by atoms with Crippen LogP contribution in [0.25, 0.3) is 49.8 Å². The van der Waals surface area contributed by atoms with Gasteiger partial charge in [-0.05, 0) is 63.3 Å². The predicted octanol–water partition coefficient (Wildman–Crippen LogP) is 9.48. The van der Waals surface area contributed by atoms with Crippen LogP contribution in [-0.2, 0) is 0 Å². The van der Waals surface area contributed by atoms with Gasteiger partial charge in [-0.25, -0.2) is 4.98 Å². The summed E-state index contributed by atoms with van der Waals surface area (Å²) in [6, 6.07) is 29.4. The Morgan fingerprint density at radius 1 is 0.636 bits per heavy atom. The molecule has 0 fully saturated rings. The van der Waals surface area contributed by atoms with E-state index in [0.717, 1.165) is 44.2 Å². The summed E-state index contributed by atoms with van der Waals surface area (Å²) in [5.41, 5.74) is 14.0. The Morgan fingerprint density at radius 2 is 1.39 bits per heavy atom. The highest BCUT2D eigenvalue weighted by molar-refractivity contribution is 6.07. The fraction of sp³-hybridized carbons (Fsp3) is 0.0488. The molecule has 0 N–H and O–H groups in total. The number of rotatable bonds is 3. The topological polar surface area (TPSA) is 49.6 Å². The molecule has 0 saturated carbocycles. The van der Waals surface area contributed by atoms with E-state index in [1.54, 1.807) is 0 Å². The van der Waals surface area contributed by atoms with Crippen molar-refractivity contribution in [2.24, 2.45) is 11.8 Å². The molecule has 44 heavy (non-hydrogen) atoms. The van der Waals surface area contributed by atoms with Gasteiger partial charge in [0.15, 0.2) is 0 Å². The van der Waals surface area contributed by atoms with Gasteiger partial charge in [0.05, 0.1) is 28.4 Å². The van der Waals surface area contributed by atoms with E-state index in [-0.39, 0.29) is 0 Å². The lowest BCUT2D eigenvalue weighted by molar-refractivity contribution is 0.568. The first-order valence-electron chi connectivity index (χ1n) is 15.0. The van der Waals surface area contributed by atoms with Gasteiger partial charge < -0.3 is 0 Å². The molecule has 0 spiro atoms. The lowest BCUT2D eigenvalue weighted by atomic mass is 9.62. The standard InChI is InChI=1S/C41H25N3/c42-23-32-20-31-21-33(36-22-30-10-4-8-28-16-17-29-9-5-11-35(36)39(29)38(28)30)24-43-40(31)41-34(32)18-19-37(44-41)27-14-12-26(13-15-27)25-6-2-1-3-7-25/h1-22,24,38-39H. The molecule has 3 aromatic carbocycles. The third-order valence-electron chi connectivity index (χ3n) is 9.32. The highest BCUT2D eigenvalue weighted by Crippen LogP contribution is 2.52. The third-order valence-corrected chi connectivity index (χ3v) is 9.32. The van der Waals surface area contributed by atoms with E-state index in [0.29, 0.717) is 17.4 Å². The van der Waals surface area contributed by atoms with Crippen molar-refractivity contribution in [3.05, 3.63) is 173 Å². The SMILES string of the molecule is N#Cc1cc2cc(C3=CC4=CC=CC5=CC=C6C=CC=C3C6C54)cnc2c2nc(-c3ccc(-c4ccccc4)cc3)ccc12. The van der Waals surface area contributed by atoms with Gasteiger partial charge in [-0.2, -0.15) is 5.26 Å². The predicted molar refractivity (Wildman–Crippen MR) is 178 cm³/mol. The molecule has 0 amide bonds. The van der Waals surface area contributed by atoms with Crippen LogP contribution in [0.3, 0.4) is 0 Å². The van der Waals surface area contributed by atoms with Crippen LogP contribution in [0.15, 0.2) is 162 Å². The molecule has 2 atom stereocenters. The van der Waals surface area contributed by atoms with Gasteiger partial charge in [0.1, 0.15) is 0 Å². The molecule has 2 aromatic heterocycles. The van der Waals surface area contributed by atoms with E-state index in [2.05, 4.69) is 115 Å². The molecule has 9 rings (SSSR count). The van der Waals surface area contributed by atoms with Gasteiger partial charge in [0, 0.05) is 39.9 Å². The second kappa shape index (κ2) is 9.59. The maximum Gasteiger partial charge on any atom is 0.0999 e. The summed E-state index contributed by atoms with van der Waals surface area (Å²) in [4.78, 5) is 10.1. The van der Waals surface area contributed by atoms with Crippen molar-refractivity contribution in [3.63, 3.8) is 0 Å². The molecular weight excluding hydrogens is 534 g/mol. The second-order valence-electron chi connectivity index (χ2n) is 11.7. The number of allylic oxidation sites excluding steroid dienone is 14. The molecule has 0 aliphatic heterocycles. The van der Waals surface area contributed by atoms with Crippen LogP contribution >= 0.6 is 0 Å². The Morgan fingerprint density at radius 3 is 2.20 bits per heavy atom. The van der Waals surface area contributed by atoms with Crippen LogP contribution in [0.1, 0.15) is 11.1 Å². The van der Waals surface area contributed by atoms with Crippen LogP contribution in [-0.4, -0.2) is 9.97 Å². The number of hydrogen-bond donors (Lipinski definition) is 0. The van der Waals surface area contributed by atoms with Gasteiger partial charge in [-0.1, -0.05) is 109 Å². The van der Waals surface area contributed by atoms with Gasteiger partial charge in [0.2, 0.25) is 0 Å². The minimum absolute atomic E-state index is 0.302. The van der Waals surface area contributed by atoms with Crippen LogP contribution in [0.4, 0.5) is 0 Å². The molecular formula is C41H25N3. The Kier molecular flexibility index (Phi) is 5.39. The zero-order valence-electron chi connectivity index (χ0n) is 23.8. The number of nitrogens with zero attached hydrogens (tertiary/aromatic N) is 3. The normalized spacial score (nSPS) is 19.4. The van der Waals surface area contributed by atoms with Crippen LogP contribution in [0.2, 0.25) is 0 Å². The first-order chi connectivity index (χ1) is 21.7. The fourth-order valence-electron chi connectivity index (χ4n) is 7.23. The Balaban J connectivity index is 1.17. The van der Waals surface area contributed by atoms with E-state index < -0.39 is 0 Å². The zero-order chi connectivity index (χ0) is 29.2. The summed E-state index contributed by atoms with van der Waals surface area (Å²) in [7, 11) is 0. The molecule has 204 valence electrons. The summed E-state index contributed by atoms with van der Waals surface area (Å²) < 4.78 is 0. The van der Waals surface area contributed by atoms with E-state index in [1.165, 1.54) is 33.4 Å². The maximum absolute atomic E-state index is 10.1. The largest absolute Gasteiger partial charge is 0.253 e. The van der Waals surface area contributed by atoms with Gasteiger partial charge >= 0.3 is 0 Å². The number of fused-ring (bicyclic) bond motifs is 3. The number of benzene rings is 3. The first kappa shape index (κ1) is 24.7. The Bertz CT molecular complexity index is 2320. The van der Waals surface area contributed by atoms with Gasteiger partial charge in [-0.15, -0.1) is 0 Å². The fourth-order valence-corrected chi connectivity index (χ4v) is 7.23. The molecule has 3 heteroatoms. The second-order valence-corrected chi connectivity index (χ2v) is 11.7. The average Bonchev–Trinajstić information content (AvgIpc) is 3.10. The highest BCUT2D eigenvalue weighted by Gasteiger charge is 2.39. The van der Waals surface area contributed by atoms with Crippen molar-refractivity contribution in [2.75, 3.05) is 0 Å². The molecule has 0 bridgehead atoms. The lowest BCUT2D eigenvalue weighted by Crippen LogP contribution is -2.29. The molecule has 2 unspecified atom stereocenters. The van der Waals surface area contributed by atoms with Crippen molar-refractivity contribution in [1.82, 2.24) is 9.97 Å². The van der Waals surface area contributed by atoms with E-state index in [9.17, 15) is 5.26 Å². The van der Waals surface area contributed by atoms with Crippen molar-refractivity contribution in [1.29, 1.82) is 5.26 Å². The number of aromatic nitrogens is 2. The van der Waals surface area contributed by atoms with Crippen LogP contribution < -0.4 is 0 Å². The summed E-state index contributed by atoms with van der Waals surface area (Å²) in [6.07, 6.45) is 22.1. The molecule has 2 heterocycles. The van der Waals surface area contributed by atoms with E-state index in [1.807, 2.05) is 30.5 Å². The monoisotopic (exact) mass is 559 g/mol. The molecule has 4 aliphatic carbocycles. The maximum atomic E-state index is 10.1. The minimum atomic E-state index is 0.302. The van der Waals surface area contributed by atoms with Crippen molar-refractivity contribution in [2.45, 2.75) is 0 Å². The average molecular weight is 560 g/mol. The van der Waals surface area contributed by atoms with Crippen LogP contribution in [0, 0.1) is 23.2 Å². The molecule has 0 saturated heterocycles. The minimum Gasteiger partial charge on any atom is -0.253 e. The molecule has 5 aromatic rings. The number of hydrogen-bond acceptors (Lipinski definition) is 3. The molecule has 4 aliphatic rings. The van der Waals surface area contributed by atoms with Gasteiger partial charge in [-0.3, -0.25) is 4.98 Å². The van der Waals surface area contributed by atoms with Gasteiger partial charge in [0.25, 0.3) is 0 Å². The summed E-state index contributed by atoms with van der Waals surface area (Å²) in [5, 5.41) is 11.9. The Hall–Kier alpha value is -5.85. The Labute approximate surface area is 255 Å². The summed E-state index contributed by atoms with van der Waals surface area (Å²) in [6.45, 7) is 0. The molecule has 0 radical (unpaired) electrons. The lowest BCUT2D eigenvalue weighted by Gasteiger charge is -2.41. The third kappa shape index (κ3) is 3.75.